The highest BCUT2D eigenvalue weighted by molar-refractivity contribution is 6.00. The molecule has 7 heteroatoms. The molecule has 3 aliphatic heterocycles. The highest BCUT2D eigenvalue weighted by Gasteiger charge is 2.32. The molecule has 2 aromatic carbocycles. The van der Waals surface area contributed by atoms with Crippen LogP contribution in [0.4, 0.5) is 11.4 Å². The summed E-state index contributed by atoms with van der Waals surface area (Å²) < 4.78 is 12.1. The molecule has 0 aromatic heterocycles. The summed E-state index contributed by atoms with van der Waals surface area (Å²) in [4.78, 5) is 21.5. The summed E-state index contributed by atoms with van der Waals surface area (Å²) in [5.41, 5.74) is 3.32. The Bertz CT molecular complexity index is 1010. The van der Waals surface area contributed by atoms with Crippen molar-refractivity contribution in [3.63, 3.8) is 0 Å². The molecular formula is C29H40N4O3. The van der Waals surface area contributed by atoms with Gasteiger partial charge < -0.3 is 19.3 Å². The van der Waals surface area contributed by atoms with E-state index in [0.29, 0.717) is 0 Å². The third-order valence-electron chi connectivity index (χ3n) is 7.69. The average Bonchev–Trinajstić information content (AvgIpc) is 2.91. The van der Waals surface area contributed by atoms with Crippen LogP contribution in [0, 0.1) is 0 Å². The molecule has 1 unspecified atom stereocenters. The van der Waals surface area contributed by atoms with Crippen molar-refractivity contribution in [2.75, 3.05) is 69.3 Å². The zero-order chi connectivity index (χ0) is 24.9. The first-order valence-electron chi connectivity index (χ1n) is 13.6. The van der Waals surface area contributed by atoms with Crippen LogP contribution in [0.2, 0.25) is 0 Å². The van der Waals surface area contributed by atoms with Crippen LogP contribution in [0.5, 0.6) is 11.5 Å². The van der Waals surface area contributed by atoms with Gasteiger partial charge >= 0.3 is 0 Å². The maximum absolute atomic E-state index is 12.3. The number of hydrogen-bond donors (Lipinski definition) is 0. The number of anilines is 2. The van der Waals surface area contributed by atoms with E-state index < -0.39 is 6.10 Å². The minimum atomic E-state index is -0.448. The lowest BCUT2D eigenvalue weighted by Gasteiger charge is -2.39. The van der Waals surface area contributed by atoms with Gasteiger partial charge in [0.1, 0.15) is 5.75 Å². The van der Waals surface area contributed by atoms with Gasteiger partial charge in [-0.15, -0.1) is 0 Å². The lowest BCUT2D eigenvalue weighted by atomic mass is 10.1. The van der Waals surface area contributed by atoms with Crippen LogP contribution >= 0.6 is 0 Å². The molecule has 0 bridgehead atoms. The van der Waals surface area contributed by atoms with Crippen molar-refractivity contribution in [3.8, 4) is 11.5 Å². The average molecular weight is 493 g/mol. The number of carbonyl (C=O) groups excluding carboxylic acids is 1. The van der Waals surface area contributed by atoms with Crippen LogP contribution in [-0.4, -0.2) is 81.3 Å². The number of carbonyl (C=O) groups is 1. The molecule has 36 heavy (non-hydrogen) atoms. The number of piperidine rings is 1. The van der Waals surface area contributed by atoms with Crippen molar-refractivity contribution in [1.82, 2.24) is 9.80 Å². The third kappa shape index (κ3) is 5.79. The largest absolute Gasteiger partial charge is 0.494 e. The monoisotopic (exact) mass is 492 g/mol. The van der Waals surface area contributed by atoms with Crippen LogP contribution in [0.15, 0.2) is 42.5 Å². The molecule has 2 saturated heterocycles. The van der Waals surface area contributed by atoms with E-state index in [-0.39, 0.29) is 5.91 Å². The van der Waals surface area contributed by atoms with E-state index in [1.807, 2.05) is 26.1 Å². The Kier molecular flexibility index (Phi) is 7.97. The van der Waals surface area contributed by atoms with Gasteiger partial charge in [0.05, 0.1) is 18.0 Å². The molecule has 1 atom stereocenters. The molecule has 3 heterocycles. The number of likely N-dealkylation sites (tertiary alicyclic amines) is 1. The quantitative estimate of drug-likeness (QED) is 0.519. The molecule has 0 spiro atoms. The molecule has 3 aliphatic rings. The van der Waals surface area contributed by atoms with Crippen LogP contribution < -0.4 is 19.3 Å². The Morgan fingerprint density at radius 2 is 1.61 bits per heavy atom. The number of benzene rings is 2. The number of likely N-dealkylation sites (N-methyl/N-ethyl adjacent to an activating group) is 1. The summed E-state index contributed by atoms with van der Waals surface area (Å²) in [6, 6.07) is 14.7. The summed E-state index contributed by atoms with van der Waals surface area (Å²) in [6.07, 6.45) is 4.61. The lowest BCUT2D eigenvalue weighted by Crippen LogP contribution is -2.47. The molecule has 0 radical (unpaired) electrons. The van der Waals surface area contributed by atoms with Crippen LogP contribution in [0.1, 0.15) is 38.2 Å². The zero-order valence-electron chi connectivity index (χ0n) is 21.8. The van der Waals surface area contributed by atoms with Gasteiger partial charge in [0, 0.05) is 46.3 Å². The second kappa shape index (κ2) is 11.5. The summed E-state index contributed by atoms with van der Waals surface area (Å²) in [5.74, 6) is 1.80. The van der Waals surface area contributed by atoms with E-state index in [0.717, 1.165) is 75.2 Å². The van der Waals surface area contributed by atoms with Gasteiger partial charge in [-0.25, -0.2) is 0 Å². The van der Waals surface area contributed by atoms with Crippen LogP contribution in [0.3, 0.4) is 0 Å². The maximum Gasteiger partial charge on any atom is 0.267 e. The van der Waals surface area contributed by atoms with Crippen molar-refractivity contribution in [3.05, 3.63) is 48.0 Å². The van der Waals surface area contributed by atoms with Crippen molar-refractivity contribution >= 4 is 17.3 Å². The summed E-state index contributed by atoms with van der Waals surface area (Å²) >= 11 is 0. The highest BCUT2D eigenvalue weighted by Crippen LogP contribution is 2.41. The predicted molar refractivity (Wildman–Crippen MR) is 144 cm³/mol. The predicted octanol–water partition coefficient (Wildman–Crippen LogP) is 4.01. The van der Waals surface area contributed by atoms with Crippen molar-refractivity contribution in [2.45, 2.75) is 45.3 Å². The van der Waals surface area contributed by atoms with Crippen LogP contribution in [-0.2, 0) is 11.3 Å². The molecule has 0 N–H and O–H groups in total. The zero-order valence-corrected chi connectivity index (χ0v) is 21.8. The summed E-state index contributed by atoms with van der Waals surface area (Å²) in [6.45, 7) is 11.0. The number of hydrogen-bond acceptors (Lipinski definition) is 6. The van der Waals surface area contributed by atoms with Crippen molar-refractivity contribution in [1.29, 1.82) is 0 Å². The minimum absolute atomic E-state index is 0.0000770. The highest BCUT2D eigenvalue weighted by atomic mass is 16.5. The van der Waals surface area contributed by atoms with E-state index in [1.165, 1.54) is 37.9 Å². The first-order valence-corrected chi connectivity index (χ1v) is 13.6. The van der Waals surface area contributed by atoms with Crippen LogP contribution in [0.25, 0.3) is 0 Å². The van der Waals surface area contributed by atoms with Gasteiger partial charge in [0.2, 0.25) is 0 Å². The maximum atomic E-state index is 12.3. The first kappa shape index (κ1) is 24.9. The second-order valence-electron chi connectivity index (χ2n) is 10.3. The Balaban J connectivity index is 1.04. The normalized spacial score (nSPS) is 21.3. The first-order chi connectivity index (χ1) is 17.6. The molecule has 2 aromatic rings. The molecule has 1 amide bonds. The standard InChI is InChI=1S/C29H40N4O3/c1-23-29(34)30(2)26-8-6-9-27(28(26)36-23)33-19-17-31(18-20-33)16-7-21-35-25-12-10-24(11-13-25)22-32-14-4-3-5-15-32/h6,8-13,23H,3-5,7,14-22H2,1-2H3. The van der Waals surface area contributed by atoms with E-state index in [9.17, 15) is 4.79 Å². The SMILES string of the molecule is CC1Oc2c(N3CCN(CCCOc4ccc(CN5CCCCC5)cc4)CC3)cccc2N(C)C1=O. The number of fused-ring (bicyclic) bond motifs is 1. The number of rotatable bonds is 8. The smallest absolute Gasteiger partial charge is 0.267 e. The van der Waals surface area contributed by atoms with E-state index in [2.05, 4.69) is 45.0 Å². The number of amides is 1. The van der Waals surface area contributed by atoms with Gasteiger partial charge in [-0.05, 0) is 69.1 Å². The van der Waals surface area contributed by atoms with E-state index in [1.54, 1.807) is 4.90 Å². The number of nitrogens with zero attached hydrogens (tertiary/aromatic N) is 4. The Morgan fingerprint density at radius 3 is 2.36 bits per heavy atom. The third-order valence-corrected chi connectivity index (χ3v) is 7.69. The summed E-state index contributed by atoms with van der Waals surface area (Å²) in [5, 5.41) is 0. The van der Waals surface area contributed by atoms with E-state index >= 15 is 0 Å². The number of piperazine rings is 1. The Hall–Kier alpha value is -2.77. The lowest BCUT2D eigenvalue weighted by molar-refractivity contribution is -0.125. The molecule has 194 valence electrons. The van der Waals surface area contributed by atoms with Gasteiger partial charge in [-0.3, -0.25) is 14.6 Å². The number of para-hydroxylation sites is 1. The van der Waals surface area contributed by atoms with Gasteiger partial charge in [-0.1, -0.05) is 24.6 Å². The topological polar surface area (TPSA) is 48.5 Å². The number of ether oxygens (including phenoxy) is 2. The minimum Gasteiger partial charge on any atom is -0.494 e. The van der Waals surface area contributed by atoms with Gasteiger partial charge in [0.15, 0.2) is 11.9 Å². The van der Waals surface area contributed by atoms with Crippen molar-refractivity contribution in [2.24, 2.45) is 0 Å². The molecule has 2 fully saturated rings. The molecule has 0 aliphatic carbocycles. The van der Waals surface area contributed by atoms with Gasteiger partial charge in [0.25, 0.3) is 5.91 Å². The molecule has 0 saturated carbocycles. The van der Waals surface area contributed by atoms with Gasteiger partial charge in [-0.2, -0.15) is 0 Å². The summed E-state index contributed by atoms with van der Waals surface area (Å²) in [7, 11) is 1.83. The molecular weight excluding hydrogens is 452 g/mol. The second-order valence-corrected chi connectivity index (χ2v) is 10.3. The van der Waals surface area contributed by atoms with Crippen molar-refractivity contribution < 1.29 is 14.3 Å². The fourth-order valence-electron chi connectivity index (χ4n) is 5.52. The fraction of sp³-hybridized carbons (Fsp3) is 0.552. The Labute approximate surface area is 215 Å². The molecule has 7 nitrogen and oxygen atoms in total. The van der Waals surface area contributed by atoms with E-state index in [4.69, 9.17) is 9.47 Å². The fourth-order valence-corrected chi connectivity index (χ4v) is 5.52. The molecule has 5 rings (SSSR count). The Morgan fingerprint density at radius 1 is 0.889 bits per heavy atom.